The number of rotatable bonds is 74. The van der Waals surface area contributed by atoms with Crippen LogP contribution in [0.2, 0.25) is 0 Å². The molecule has 1 fully saturated rings. The Bertz CT molecular complexity index is 1940. The summed E-state index contributed by atoms with van der Waals surface area (Å²) in [7, 11) is 1.64. The van der Waals surface area contributed by atoms with Crippen LogP contribution in [0.5, 0.6) is 0 Å². The lowest BCUT2D eigenvalue weighted by molar-refractivity contribution is -0.149. The fourth-order valence-electron chi connectivity index (χ4n) is 7.92. The summed E-state index contributed by atoms with van der Waals surface area (Å²) in [4.78, 5) is 30.5. The minimum atomic E-state index is -0.418. The molecule has 1 aliphatic heterocycles. The average molecular weight is 1370 g/mol. The number of esters is 1. The number of aromatic nitrogens is 1. The Hall–Kier alpha value is -3.17. The Morgan fingerprint density at radius 2 is 0.670 bits per heavy atom. The van der Waals surface area contributed by atoms with E-state index in [0.29, 0.717) is 310 Å². The number of hydrogen-bond acceptors (Lipinski definition) is 29. The second-order valence-corrected chi connectivity index (χ2v) is 21.1. The third kappa shape index (κ3) is 53.8. The van der Waals surface area contributed by atoms with Crippen molar-refractivity contribution in [1.82, 2.24) is 15.6 Å². The van der Waals surface area contributed by atoms with Gasteiger partial charge >= 0.3 is 5.97 Å². The van der Waals surface area contributed by atoms with Crippen LogP contribution in [0.1, 0.15) is 24.1 Å². The van der Waals surface area contributed by atoms with Gasteiger partial charge in [0, 0.05) is 26.6 Å². The number of nitrogens with one attached hydrogen (secondary N) is 2. The molecule has 1 aromatic carbocycles. The molecule has 29 nitrogen and oxygen atoms in total. The molecule has 0 saturated carbocycles. The fraction of sp³-hybridized carbons (Fsp3) is 0.828. The first-order valence-electron chi connectivity index (χ1n) is 33.0. The van der Waals surface area contributed by atoms with Gasteiger partial charge in [-0.1, -0.05) is 24.3 Å². The SMILES string of the molecule is COCCOCCOCCOCCOCCOCCOCCOCCOCCOCCOCCOCCOCCOCCOCCOCCOCCOCCOCCOCCOCCOCCOCCC(=O)OC1CNC(C(=O)NCc2ccc(-c3scnc3C)cc2)C1. The lowest BCUT2D eigenvalue weighted by Gasteiger charge is -2.13. The maximum Gasteiger partial charge on any atom is 0.308 e. The van der Waals surface area contributed by atoms with Crippen LogP contribution >= 0.6 is 11.3 Å². The number of benzene rings is 1. The minimum Gasteiger partial charge on any atom is -0.461 e. The molecule has 0 spiro atoms. The van der Waals surface area contributed by atoms with Crippen molar-refractivity contribution in [1.29, 1.82) is 0 Å². The van der Waals surface area contributed by atoms with Crippen LogP contribution < -0.4 is 10.6 Å². The van der Waals surface area contributed by atoms with Crippen molar-refractivity contribution in [3.05, 3.63) is 41.0 Å². The van der Waals surface area contributed by atoms with Gasteiger partial charge in [-0.05, 0) is 18.1 Å². The van der Waals surface area contributed by atoms with E-state index in [2.05, 4.69) is 15.6 Å². The molecule has 3 rings (SSSR count). The van der Waals surface area contributed by atoms with E-state index in [-0.39, 0.29) is 31.0 Å². The molecule has 1 saturated heterocycles. The lowest BCUT2D eigenvalue weighted by atomic mass is 10.1. The van der Waals surface area contributed by atoms with Gasteiger partial charge in [-0.2, -0.15) is 0 Å². The summed E-state index contributed by atoms with van der Waals surface area (Å²) in [5, 5.41) is 6.12. The van der Waals surface area contributed by atoms with Crippen molar-refractivity contribution in [2.75, 3.05) is 311 Å². The molecular formula is C64H113N3O26S. The van der Waals surface area contributed by atoms with E-state index >= 15 is 0 Å². The number of amides is 1. The van der Waals surface area contributed by atoms with Gasteiger partial charge in [-0.25, -0.2) is 4.98 Å². The minimum absolute atomic E-state index is 0.120. The number of carbonyl (C=O) groups excluding carboxylic acids is 2. The Labute approximate surface area is 561 Å². The molecule has 0 bridgehead atoms. The van der Waals surface area contributed by atoms with Gasteiger partial charge in [-0.15, -0.1) is 11.3 Å². The normalized spacial score (nSPS) is 14.0. The summed E-state index contributed by atoms with van der Waals surface area (Å²) in [5.41, 5.74) is 4.95. The van der Waals surface area contributed by atoms with Crippen LogP contribution in [0.4, 0.5) is 0 Å². The van der Waals surface area contributed by atoms with Crippen molar-refractivity contribution in [3.8, 4) is 10.4 Å². The summed E-state index contributed by atoms with van der Waals surface area (Å²) < 4.78 is 132. The molecule has 2 atom stereocenters. The van der Waals surface area contributed by atoms with Crippen LogP contribution in [0.15, 0.2) is 29.8 Å². The topological polar surface area (TPSA) is 293 Å². The number of thiazole rings is 1. The van der Waals surface area contributed by atoms with Gasteiger partial charge < -0.3 is 124 Å². The number of nitrogens with zero attached hydrogens (tertiary/aromatic N) is 1. The van der Waals surface area contributed by atoms with Gasteiger partial charge in [-0.3, -0.25) is 9.59 Å². The van der Waals surface area contributed by atoms with E-state index in [0.717, 1.165) is 21.7 Å². The molecule has 2 aromatic rings. The van der Waals surface area contributed by atoms with Crippen molar-refractivity contribution >= 4 is 23.2 Å². The van der Waals surface area contributed by atoms with Gasteiger partial charge in [0.1, 0.15) is 6.10 Å². The first-order valence-corrected chi connectivity index (χ1v) is 33.8. The lowest BCUT2D eigenvalue weighted by Crippen LogP contribution is -2.39. The van der Waals surface area contributed by atoms with E-state index in [1.807, 2.05) is 36.7 Å². The smallest absolute Gasteiger partial charge is 0.308 e. The summed E-state index contributed by atoms with van der Waals surface area (Å²) in [6.45, 7) is 24.2. The maximum atomic E-state index is 12.7. The molecular weight excluding hydrogens is 1260 g/mol. The van der Waals surface area contributed by atoms with E-state index in [4.69, 9.17) is 114 Å². The predicted octanol–water partition coefficient (Wildman–Crippen LogP) is 2.41. The van der Waals surface area contributed by atoms with Crippen molar-refractivity contribution in [3.63, 3.8) is 0 Å². The average Bonchev–Trinajstić information content (AvgIpc) is 2.18. The zero-order valence-corrected chi connectivity index (χ0v) is 57.0. The maximum absolute atomic E-state index is 12.7. The van der Waals surface area contributed by atoms with Crippen molar-refractivity contribution in [2.24, 2.45) is 0 Å². The van der Waals surface area contributed by atoms with Crippen LogP contribution in [-0.2, 0) is 130 Å². The van der Waals surface area contributed by atoms with Crippen molar-refractivity contribution < 1.29 is 123 Å². The fourth-order valence-corrected chi connectivity index (χ4v) is 8.73. The molecule has 30 heteroatoms. The number of aryl methyl sites for hydroxylation is 1. The van der Waals surface area contributed by atoms with Gasteiger partial charge in [0.2, 0.25) is 5.91 Å². The quantitative estimate of drug-likeness (QED) is 0.0710. The van der Waals surface area contributed by atoms with Crippen LogP contribution in [0, 0.1) is 6.92 Å². The second kappa shape index (κ2) is 67.0. The summed E-state index contributed by atoms with van der Waals surface area (Å²) in [5.74, 6) is -0.482. The third-order valence-electron chi connectivity index (χ3n) is 12.8. The number of methoxy groups -OCH3 is 1. The molecule has 1 aromatic heterocycles. The Kier molecular flexibility index (Phi) is 60.7. The van der Waals surface area contributed by atoms with Crippen LogP contribution in [-0.4, -0.2) is 340 Å². The van der Waals surface area contributed by atoms with E-state index in [1.54, 1.807) is 18.4 Å². The highest BCUT2D eigenvalue weighted by Crippen LogP contribution is 2.27. The van der Waals surface area contributed by atoms with Gasteiger partial charge in [0.05, 0.1) is 326 Å². The summed E-state index contributed by atoms with van der Waals surface area (Å²) in [6.07, 6.45) is 0.175. The molecule has 1 amide bonds. The number of ether oxygens (including phenoxy) is 24. The highest BCUT2D eigenvalue weighted by molar-refractivity contribution is 7.13. The Morgan fingerprint density at radius 1 is 0.404 bits per heavy atom. The van der Waals surface area contributed by atoms with E-state index < -0.39 is 6.04 Å². The van der Waals surface area contributed by atoms with E-state index in [1.165, 1.54) is 0 Å². The van der Waals surface area contributed by atoms with Crippen molar-refractivity contribution in [2.45, 2.75) is 38.5 Å². The predicted molar refractivity (Wildman–Crippen MR) is 345 cm³/mol. The molecule has 2 unspecified atom stereocenters. The number of hydrogen-bond donors (Lipinski definition) is 2. The number of carbonyl (C=O) groups is 2. The monoisotopic (exact) mass is 1370 g/mol. The van der Waals surface area contributed by atoms with Gasteiger partial charge in [0.15, 0.2) is 0 Å². The molecule has 2 N–H and O–H groups in total. The standard InChI is InChI=1S/C64H113N3O26S/c1-57-63(94-56-67-57)59-5-3-58(4-6-59)54-66-64(69)61-53-60(55-65-61)93-62(68)7-8-71-11-12-73-15-16-75-19-20-77-23-24-79-27-28-81-31-32-83-35-36-85-39-40-87-43-44-89-47-48-91-51-52-92-50-49-90-46-45-88-42-41-86-38-37-84-34-33-82-30-29-80-26-25-78-22-21-76-18-17-74-14-13-72-10-9-70-2/h3-6,56,60-61,65H,7-55H2,1-2H3,(H,66,69). The molecule has 94 heavy (non-hydrogen) atoms. The second-order valence-electron chi connectivity index (χ2n) is 20.2. The zero-order chi connectivity index (χ0) is 66.6. The molecule has 2 heterocycles. The highest BCUT2D eigenvalue weighted by Gasteiger charge is 2.31. The molecule has 546 valence electrons. The first kappa shape index (κ1) is 85.1. The third-order valence-corrected chi connectivity index (χ3v) is 13.8. The largest absolute Gasteiger partial charge is 0.461 e. The van der Waals surface area contributed by atoms with Gasteiger partial charge in [0.25, 0.3) is 0 Å². The summed E-state index contributed by atoms with van der Waals surface area (Å²) >= 11 is 1.61. The highest BCUT2D eigenvalue weighted by atomic mass is 32.1. The molecule has 1 aliphatic rings. The zero-order valence-electron chi connectivity index (χ0n) is 56.2. The molecule has 0 aliphatic carbocycles. The first-order chi connectivity index (χ1) is 46.6. The van der Waals surface area contributed by atoms with Crippen LogP contribution in [0.25, 0.3) is 10.4 Å². The van der Waals surface area contributed by atoms with E-state index in [9.17, 15) is 9.59 Å². The Morgan fingerprint density at radius 3 is 0.926 bits per heavy atom. The Balaban J connectivity index is 0.867. The summed E-state index contributed by atoms with van der Waals surface area (Å²) in [6, 6.07) is 7.67. The molecule has 0 radical (unpaired) electrons. The van der Waals surface area contributed by atoms with Crippen LogP contribution in [0.3, 0.4) is 0 Å².